The van der Waals surface area contributed by atoms with Gasteiger partial charge < -0.3 is 10.2 Å². The summed E-state index contributed by atoms with van der Waals surface area (Å²) >= 11 is 0. The maximum Gasteiger partial charge on any atom is 0.0112 e. The molecule has 0 aliphatic heterocycles. The lowest BCUT2D eigenvalue weighted by Gasteiger charge is -2.43. The summed E-state index contributed by atoms with van der Waals surface area (Å²) in [6, 6.07) is 0.718. The van der Waals surface area contributed by atoms with Crippen molar-refractivity contribution in [2.45, 2.75) is 67.3 Å². The van der Waals surface area contributed by atoms with Crippen molar-refractivity contribution >= 4 is 0 Å². The molecule has 126 valence electrons. The van der Waals surface area contributed by atoms with Crippen LogP contribution in [0.3, 0.4) is 0 Å². The van der Waals surface area contributed by atoms with Crippen molar-refractivity contribution in [3.05, 3.63) is 0 Å². The number of nitrogens with one attached hydrogen (secondary N) is 1. The average molecular weight is 297 g/mol. The Labute approximate surface area is 134 Å². The third-order valence-corrected chi connectivity index (χ3v) is 4.86. The van der Waals surface area contributed by atoms with Gasteiger partial charge in [0.05, 0.1) is 0 Å². The Morgan fingerprint density at radius 2 is 1.57 bits per heavy atom. The minimum atomic E-state index is 0.718. The number of hydrogen-bond acceptors (Lipinski definition) is 2. The van der Waals surface area contributed by atoms with Gasteiger partial charge in [0.15, 0.2) is 0 Å². The van der Waals surface area contributed by atoms with Gasteiger partial charge in [0.1, 0.15) is 0 Å². The maximum atomic E-state index is 3.78. The van der Waals surface area contributed by atoms with Crippen LogP contribution >= 0.6 is 0 Å². The molecule has 1 fully saturated rings. The molecule has 0 bridgehead atoms. The van der Waals surface area contributed by atoms with Gasteiger partial charge in [0.25, 0.3) is 0 Å². The fourth-order valence-corrected chi connectivity index (χ4v) is 4.27. The van der Waals surface area contributed by atoms with E-state index in [4.69, 9.17) is 0 Å². The highest BCUT2D eigenvalue weighted by Gasteiger charge is 2.34. The van der Waals surface area contributed by atoms with Gasteiger partial charge in [-0.25, -0.2) is 0 Å². The first-order chi connectivity index (χ1) is 9.83. The highest BCUT2D eigenvalue weighted by atomic mass is 15.1. The Morgan fingerprint density at radius 3 is 2.05 bits per heavy atom. The van der Waals surface area contributed by atoms with Crippen molar-refractivity contribution in [2.24, 2.45) is 29.6 Å². The van der Waals surface area contributed by atoms with Crippen LogP contribution in [0.15, 0.2) is 0 Å². The van der Waals surface area contributed by atoms with E-state index in [1.165, 1.54) is 32.5 Å². The predicted octanol–water partition coefficient (Wildman–Crippen LogP) is 4.26. The van der Waals surface area contributed by atoms with E-state index >= 15 is 0 Å². The minimum absolute atomic E-state index is 0.718. The van der Waals surface area contributed by atoms with Crippen LogP contribution in [-0.2, 0) is 0 Å². The third-order valence-electron chi connectivity index (χ3n) is 4.86. The quantitative estimate of drug-likeness (QED) is 0.720. The third kappa shape index (κ3) is 6.69. The second-order valence-electron chi connectivity index (χ2n) is 8.39. The summed E-state index contributed by atoms with van der Waals surface area (Å²) in [6.07, 6.45) is 2.77. The molecule has 2 nitrogen and oxygen atoms in total. The van der Waals surface area contributed by atoms with Crippen LogP contribution < -0.4 is 5.32 Å². The summed E-state index contributed by atoms with van der Waals surface area (Å²) in [5, 5.41) is 3.78. The van der Waals surface area contributed by atoms with Crippen LogP contribution in [0.5, 0.6) is 0 Å². The van der Waals surface area contributed by atoms with Gasteiger partial charge in [-0.3, -0.25) is 0 Å². The normalized spacial score (nSPS) is 30.6. The molecule has 0 spiro atoms. The fourth-order valence-electron chi connectivity index (χ4n) is 4.27. The van der Waals surface area contributed by atoms with E-state index in [1.54, 1.807) is 0 Å². The standard InChI is InChI=1S/C19H40N2/c1-8-20-19-10-16(6)9-17(7)18(19)13-21(11-14(2)3)12-15(4)5/h14-20H,8-13H2,1-7H3. The molecule has 0 saturated heterocycles. The van der Waals surface area contributed by atoms with Crippen LogP contribution in [0.2, 0.25) is 0 Å². The molecule has 0 aromatic heterocycles. The zero-order chi connectivity index (χ0) is 16.0. The Balaban J connectivity index is 2.71. The number of nitrogens with zero attached hydrogens (tertiary/aromatic N) is 1. The number of hydrogen-bond donors (Lipinski definition) is 1. The largest absolute Gasteiger partial charge is 0.314 e. The lowest BCUT2D eigenvalue weighted by atomic mass is 9.72. The zero-order valence-corrected chi connectivity index (χ0v) is 15.7. The van der Waals surface area contributed by atoms with Gasteiger partial charge in [-0.15, -0.1) is 0 Å². The zero-order valence-electron chi connectivity index (χ0n) is 15.7. The van der Waals surface area contributed by atoms with Gasteiger partial charge in [0, 0.05) is 25.7 Å². The molecule has 1 rings (SSSR count). The van der Waals surface area contributed by atoms with Gasteiger partial charge in [0.2, 0.25) is 0 Å². The molecular weight excluding hydrogens is 256 g/mol. The number of rotatable bonds is 8. The van der Waals surface area contributed by atoms with E-state index in [9.17, 15) is 0 Å². The first-order valence-electron chi connectivity index (χ1n) is 9.29. The van der Waals surface area contributed by atoms with Crippen LogP contribution in [0.4, 0.5) is 0 Å². The van der Waals surface area contributed by atoms with E-state index in [0.29, 0.717) is 0 Å². The van der Waals surface area contributed by atoms with E-state index < -0.39 is 0 Å². The summed E-state index contributed by atoms with van der Waals surface area (Å²) in [7, 11) is 0. The first-order valence-corrected chi connectivity index (χ1v) is 9.29. The van der Waals surface area contributed by atoms with Crippen LogP contribution in [0.1, 0.15) is 61.3 Å². The summed E-state index contributed by atoms with van der Waals surface area (Å²) in [5.74, 6) is 4.07. The molecular formula is C19H40N2. The van der Waals surface area contributed by atoms with Crippen molar-refractivity contribution in [3.8, 4) is 0 Å². The highest BCUT2D eigenvalue weighted by molar-refractivity contribution is 4.89. The molecule has 21 heavy (non-hydrogen) atoms. The van der Waals surface area contributed by atoms with Crippen LogP contribution in [-0.4, -0.2) is 37.1 Å². The molecule has 4 atom stereocenters. The summed E-state index contributed by atoms with van der Waals surface area (Å²) in [5.41, 5.74) is 0. The van der Waals surface area contributed by atoms with Crippen molar-refractivity contribution in [1.29, 1.82) is 0 Å². The summed E-state index contributed by atoms with van der Waals surface area (Å²) in [6.45, 7) is 21.4. The molecule has 4 unspecified atom stereocenters. The highest BCUT2D eigenvalue weighted by Crippen LogP contribution is 2.34. The van der Waals surface area contributed by atoms with E-state index in [-0.39, 0.29) is 0 Å². The van der Waals surface area contributed by atoms with Crippen molar-refractivity contribution < 1.29 is 0 Å². The minimum Gasteiger partial charge on any atom is -0.314 e. The van der Waals surface area contributed by atoms with Crippen LogP contribution in [0.25, 0.3) is 0 Å². The molecule has 2 heteroatoms. The topological polar surface area (TPSA) is 15.3 Å². The monoisotopic (exact) mass is 296 g/mol. The van der Waals surface area contributed by atoms with E-state index in [0.717, 1.165) is 42.2 Å². The van der Waals surface area contributed by atoms with Crippen molar-refractivity contribution in [2.75, 3.05) is 26.2 Å². The molecule has 0 radical (unpaired) electrons. The Morgan fingerprint density at radius 1 is 1.00 bits per heavy atom. The second-order valence-corrected chi connectivity index (χ2v) is 8.39. The van der Waals surface area contributed by atoms with E-state index in [1.807, 2.05) is 0 Å². The smallest absolute Gasteiger partial charge is 0.0112 e. The molecule has 0 heterocycles. The van der Waals surface area contributed by atoms with Gasteiger partial charge in [-0.2, -0.15) is 0 Å². The summed E-state index contributed by atoms with van der Waals surface area (Å²) in [4.78, 5) is 2.73. The Kier molecular flexibility index (Phi) is 8.26. The van der Waals surface area contributed by atoms with Gasteiger partial charge in [-0.1, -0.05) is 48.5 Å². The molecule has 0 aromatic carbocycles. The molecule has 1 N–H and O–H groups in total. The lowest BCUT2D eigenvalue weighted by Crippen LogP contribution is -2.50. The van der Waals surface area contributed by atoms with Gasteiger partial charge in [-0.05, 0) is 49.0 Å². The fraction of sp³-hybridized carbons (Fsp3) is 1.00. The molecule has 0 amide bonds. The molecule has 0 aromatic rings. The van der Waals surface area contributed by atoms with Crippen molar-refractivity contribution in [3.63, 3.8) is 0 Å². The van der Waals surface area contributed by atoms with E-state index in [2.05, 4.69) is 58.7 Å². The first kappa shape index (κ1) is 19.0. The second kappa shape index (κ2) is 9.15. The Bertz CT molecular complexity index is 265. The Hall–Kier alpha value is -0.0800. The molecule has 1 saturated carbocycles. The predicted molar refractivity (Wildman–Crippen MR) is 94.6 cm³/mol. The average Bonchev–Trinajstić information content (AvgIpc) is 2.32. The SMILES string of the molecule is CCNC1CC(C)CC(C)C1CN(CC(C)C)CC(C)C. The molecule has 1 aliphatic carbocycles. The van der Waals surface area contributed by atoms with Crippen molar-refractivity contribution in [1.82, 2.24) is 10.2 Å². The maximum absolute atomic E-state index is 3.78. The summed E-state index contributed by atoms with van der Waals surface area (Å²) < 4.78 is 0. The van der Waals surface area contributed by atoms with Gasteiger partial charge >= 0.3 is 0 Å². The van der Waals surface area contributed by atoms with Crippen LogP contribution in [0, 0.1) is 29.6 Å². The molecule has 1 aliphatic rings. The lowest BCUT2D eigenvalue weighted by molar-refractivity contribution is 0.0902.